The summed E-state index contributed by atoms with van der Waals surface area (Å²) in [5.74, 6) is 1.00. The number of piperazine rings is 1. The maximum Gasteiger partial charge on any atom is 0.267 e. The Kier molecular flexibility index (Phi) is 5.74. The molecule has 2 aromatic rings. The molecule has 1 saturated heterocycles. The molecule has 4 rings (SSSR count). The van der Waals surface area contributed by atoms with Crippen molar-refractivity contribution >= 4 is 17.3 Å². The minimum atomic E-state index is -0.645. The van der Waals surface area contributed by atoms with Gasteiger partial charge in [-0.15, -0.1) is 0 Å². The van der Waals surface area contributed by atoms with Gasteiger partial charge in [0.25, 0.3) is 5.91 Å². The van der Waals surface area contributed by atoms with Crippen LogP contribution in [0.1, 0.15) is 12.0 Å². The molecule has 0 N–H and O–H groups in total. The summed E-state index contributed by atoms with van der Waals surface area (Å²) in [6.45, 7) is 2.52. The summed E-state index contributed by atoms with van der Waals surface area (Å²) in [4.78, 5) is 22.4. The van der Waals surface area contributed by atoms with Crippen LogP contribution in [-0.2, 0) is 9.63 Å². The van der Waals surface area contributed by atoms with Gasteiger partial charge in [-0.1, -0.05) is 5.16 Å². The van der Waals surface area contributed by atoms with Crippen molar-refractivity contribution < 1.29 is 23.5 Å². The molecule has 0 aliphatic carbocycles. The Hall–Kier alpha value is -3.29. The zero-order valence-corrected chi connectivity index (χ0v) is 17.0. The van der Waals surface area contributed by atoms with Crippen LogP contribution in [0.4, 0.5) is 10.1 Å². The van der Waals surface area contributed by atoms with Crippen molar-refractivity contribution in [1.29, 1.82) is 0 Å². The number of benzene rings is 2. The Morgan fingerprint density at radius 3 is 2.47 bits per heavy atom. The molecule has 1 fully saturated rings. The van der Waals surface area contributed by atoms with Crippen molar-refractivity contribution in [2.24, 2.45) is 5.16 Å². The lowest BCUT2D eigenvalue weighted by molar-refractivity contribution is -0.142. The van der Waals surface area contributed by atoms with Crippen LogP contribution in [-0.4, -0.2) is 63.0 Å². The van der Waals surface area contributed by atoms with E-state index in [1.165, 1.54) is 12.1 Å². The predicted octanol–water partition coefficient (Wildman–Crippen LogP) is 2.68. The number of nitrogens with zero attached hydrogens (tertiary/aromatic N) is 3. The summed E-state index contributed by atoms with van der Waals surface area (Å²) < 4.78 is 23.8. The van der Waals surface area contributed by atoms with E-state index in [-0.39, 0.29) is 11.7 Å². The fourth-order valence-corrected chi connectivity index (χ4v) is 3.75. The second-order valence-electron chi connectivity index (χ2n) is 7.19. The Morgan fingerprint density at radius 1 is 1.07 bits per heavy atom. The average molecular weight is 413 g/mol. The smallest absolute Gasteiger partial charge is 0.267 e. The van der Waals surface area contributed by atoms with E-state index < -0.39 is 6.10 Å². The van der Waals surface area contributed by atoms with E-state index in [9.17, 15) is 9.18 Å². The number of hydrogen-bond acceptors (Lipinski definition) is 6. The van der Waals surface area contributed by atoms with Crippen LogP contribution < -0.4 is 14.4 Å². The maximum atomic E-state index is 13.1. The third-order valence-corrected chi connectivity index (χ3v) is 5.44. The van der Waals surface area contributed by atoms with Crippen LogP contribution in [0.3, 0.4) is 0 Å². The molecule has 8 heteroatoms. The van der Waals surface area contributed by atoms with E-state index in [0.717, 1.165) is 11.3 Å². The van der Waals surface area contributed by atoms with Gasteiger partial charge in [0.05, 0.1) is 19.9 Å². The molecule has 1 unspecified atom stereocenters. The van der Waals surface area contributed by atoms with Crippen LogP contribution in [0.2, 0.25) is 0 Å². The summed E-state index contributed by atoms with van der Waals surface area (Å²) in [6.07, 6.45) is -0.270. The van der Waals surface area contributed by atoms with Crippen LogP contribution in [0.15, 0.2) is 47.6 Å². The third-order valence-electron chi connectivity index (χ3n) is 5.44. The zero-order chi connectivity index (χ0) is 21.1. The SMILES string of the molecule is COc1ccc(OC)c(C2=NOC(C(=O)N3CCN(c4ccc(F)cc4)CC3)C2)c1. The molecule has 158 valence electrons. The number of hydrogen-bond donors (Lipinski definition) is 0. The Morgan fingerprint density at radius 2 is 1.80 bits per heavy atom. The average Bonchev–Trinajstić information content (AvgIpc) is 3.29. The molecule has 0 aromatic heterocycles. The van der Waals surface area contributed by atoms with Crippen molar-refractivity contribution in [3.63, 3.8) is 0 Å². The van der Waals surface area contributed by atoms with Gasteiger partial charge in [0.1, 0.15) is 17.3 Å². The molecule has 2 aliphatic rings. The predicted molar refractivity (Wildman–Crippen MR) is 111 cm³/mol. The molecule has 7 nitrogen and oxygen atoms in total. The molecule has 2 aliphatic heterocycles. The van der Waals surface area contributed by atoms with Crippen molar-refractivity contribution in [1.82, 2.24) is 4.90 Å². The monoisotopic (exact) mass is 413 g/mol. The van der Waals surface area contributed by atoms with Gasteiger partial charge < -0.3 is 24.1 Å². The second kappa shape index (κ2) is 8.61. The molecule has 0 saturated carbocycles. The fourth-order valence-electron chi connectivity index (χ4n) is 3.75. The van der Waals surface area contributed by atoms with E-state index in [4.69, 9.17) is 14.3 Å². The first-order chi connectivity index (χ1) is 14.6. The Labute approximate surface area is 174 Å². The van der Waals surface area contributed by atoms with Crippen LogP contribution in [0.5, 0.6) is 11.5 Å². The maximum absolute atomic E-state index is 13.1. The molecule has 0 bridgehead atoms. The standard InChI is InChI=1S/C22H24FN3O4/c1-28-17-7-8-20(29-2)18(13-17)19-14-21(30-24-19)22(27)26-11-9-25(10-12-26)16-5-3-15(23)4-6-16/h3-8,13,21H,9-12,14H2,1-2H3. The van der Waals surface area contributed by atoms with E-state index >= 15 is 0 Å². The van der Waals surface area contributed by atoms with Crippen LogP contribution in [0, 0.1) is 5.82 Å². The summed E-state index contributed by atoms with van der Waals surface area (Å²) in [6, 6.07) is 11.9. The fraction of sp³-hybridized carbons (Fsp3) is 0.364. The van der Waals surface area contributed by atoms with E-state index in [0.29, 0.717) is 49.8 Å². The molecule has 0 spiro atoms. The molecular formula is C22H24FN3O4. The molecule has 2 aromatic carbocycles. The van der Waals surface area contributed by atoms with Gasteiger partial charge in [0, 0.05) is 43.9 Å². The minimum absolute atomic E-state index is 0.0747. The molecule has 1 atom stereocenters. The zero-order valence-electron chi connectivity index (χ0n) is 17.0. The van der Waals surface area contributed by atoms with Gasteiger partial charge in [-0.25, -0.2) is 4.39 Å². The van der Waals surface area contributed by atoms with Crippen molar-refractivity contribution in [3.05, 3.63) is 53.8 Å². The molecule has 0 radical (unpaired) electrons. The highest BCUT2D eigenvalue weighted by Crippen LogP contribution is 2.29. The number of amides is 1. The topological polar surface area (TPSA) is 63.6 Å². The summed E-state index contributed by atoms with van der Waals surface area (Å²) in [5.41, 5.74) is 2.37. The number of methoxy groups -OCH3 is 2. The summed E-state index contributed by atoms with van der Waals surface area (Å²) in [7, 11) is 3.18. The molecular weight excluding hydrogens is 389 g/mol. The van der Waals surface area contributed by atoms with Gasteiger partial charge in [0.2, 0.25) is 6.10 Å². The van der Waals surface area contributed by atoms with Gasteiger partial charge >= 0.3 is 0 Å². The van der Waals surface area contributed by atoms with Crippen LogP contribution >= 0.6 is 0 Å². The number of ether oxygens (including phenoxy) is 2. The largest absolute Gasteiger partial charge is 0.497 e. The molecule has 30 heavy (non-hydrogen) atoms. The number of carbonyl (C=O) groups excluding carboxylic acids is 1. The number of halogens is 1. The molecule has 2 heterocycles. The highest BCUT2D eigenvalue weighted by atomic mass is 19.1. The number of carbonyl (C=O) groups is 1. The van der Waals surface area contributed by atoms with Crippen LogP contribution in [0.25, 0.3) is 0 Å². The molecule has 1 amide bonds. The quantitative estimate of drug-likeness (QED) is 0.754. The van der Waals surface area contributed by atoms with Crippen molar-refractivity contribution in [2.45, 2.75) is 12.5 Å². The first-order valence-electron chi connectivity index (χ1n) is 9.83. The first kappa shape index (κ1) is 20.0. The Bertz CT molecular complexity index is 940. The van der Waals surface area contributed by atoms with Crippen molar-refractivity contribution in [2.75, 3.05) is 45.3 Å². The summed E-state index contributed by atoms with van der Waals surface area (Å²) in [5, 5.41) is 4.15. The van der Waals surface area contributed by atoms with E-state index in [1.54, 1.807) is 37.3 Å². The normalized spacial score (nSPS) is 18.6. The second-order valence-corrected chi connectivity index (χ2v) is 7.19. The lowest BCUT2D eigenvalue weighted by Gasteiger charge is -2.36. The van der Waals surface area contributed by atoms with Gasteiger partial charge in [-0.05, 0) is 42.5 Å². The van der Waals surface area contributed by atoms with E-state index in [1.807, 2.05) is 12.1 Å². The van der Waals surface area contributed by atoms with E-state index in [2.05, 4.69) is 10.1 Å². The first-order valence-corrected chi connectivity index (χ1v) is 9.83. The summed E-state index contributed by atoms with van der Waals surface area (Å²) >= 11 is 0. The lowest BCUT2D eigenvalue weighted by atomic mass is 10.0. The number of rotatable bonds is 5. The number of oxime groups is 1. The Balaban J connectivity index is 1.37. The highest BCUT2D eigenvalue weighted by Gasteiger charge is 2.34. The van der Waals surface area contributed by atoms with Gasteiger partial charge in [-0.2, -0.15) is 0 Å². The third kappa shape index (κ3) is 4.03. The minimum Gasteiger partial charge on any atom is -0.497 e. The van der Waals surface area contributed by atoms with Crippen molar-refractivity contribution in [3.8, 4) is 11.5 Å². The lowest BCUT2D eigenvalue weighted by Crippen LogP contribution is -2.51. The van der Waals surface area contributed by atoms with Gasteiger partial charge in [-0.3, -0.25) is 4.79 Å². The number of anilines is 1. The highest BCUT2D eigenvalue weighted by molar-refractivity contribution is 6.06. The van der Waals surface area contributed by atoms with Gasteiger partial charge in [0.15, 0.2) is 0 Å².